The summed E-state index contributed by atoms with van der Waals surface area (Å²) >= 11 is 14.3. The number of aryl methyl sites for hydroxylation is 1. The average Bonchev–Trinajstić information content (AvgIpc) is 3.32. The fraction of sp³-hybridized carbons (Fsp3) is 0.350. The van der Waals surface area contributed by atoms with E-state index in [4.69, 9.17) is 27.9 Å². The predicted molar refractivity (Wildman–Crippen MR) is 120 cm³/mol. The molecule has 0 aliphatic heterocycles. The molecule has 1 atom stereocenters. The standard InChI is InChI=1S/C20H18BrCl2F2N5O2/c1-10-17(32-20(24,25)19(21)23)28-29(2)18(10)30-9-12(8-26-30)11-3-6-15(22)14(7-11)16(31)27-13-4-5-13/h3,6-9,13,19H,4-5H2,1-2H3,(H,27,31). The van der Waals surface area contributed by atoms with Crippen LogP contribution >= 0.6 is 39.1 Å². The molecule has 2 aromatic heterocycles. The van der Waals surface area contributed by atoms with Gasteiger partial charge in [0.05, 0.1) is 22.3 Å². The lowest BCUT2D eigenvalue weighted by molar-refractivity contribution is -0.163. The third kappa shape index (κ3) is 4.62. The first-order valence-electron chi connectivity index (χ1n) is 9.61. The number of carbonyl (C=O) groups is 1. The first-order chi connectivity index (χ1) is 15.1. The SMILES string of the molecule is Cc1c(OC(F)(F)C(Cl)Br)nn(C)c1-n1cc(-c2ccc(Cl)c(C(=O)NC3CC3)c2)cn1. The molecule has 170 valence electrons. The number of alkyl halides is 4. The van der Waals surface area contributed by atoms with Crippen LogP contribution in [0, 0.1) is 6.92 Å². The zero-order valence-corrected chi connectivity index (χ0v) is 20.0. The third-order valence-corrected chi connectivity index (χ3v) is 6.06. The number of benzene rings is 1. The maximum absolute atomic E-state index is 13.9. The van der Waals surface area contributed by atoms with Crippen LogP contribution in [0.4, 0.5) is 8.78 Å². The van der Waals surface area contributed by atoms with Gasteiger partial charge < -0.3 is 10.1 Å². The normalized spacial score (nSPS) is 15.0. The highest BCUT2D eigenvalue weighted by Gasteiger charge is 2.41. The molecule has 1 N–H and O–H groups in total. The Kier molecular flexibility index (Phi) is 6.21. The highest BCUT2D eigenvalue weighted by atomic mass is 79.9. The summed E-state index contributed by atoms with van der Waals surface area (Å²) in [4.78, 5) is 12.5. The van der Waals surface area contributed by atoms with E-state index in [1.54, 1.807) is 44.6 Å². The summed E-state index contributed by atoms with van der Waals surface area (Å²) in [6, 6.07) is 5.34. The van der Waals surface area contributed by atoms with Crippen molar-refractivity contribution >= 4 is 45.0 Å². The fourth-order valence-electron chi connectivity index (χ4n) is 3.14. The first-order valence-corrected chi connectivity index (χ1v) is 11.3. The van der Waals surface area contributed by atoms with Crippen molar-refractivity contribution in [2.24, 2.45) is 7.05 Å². The Morgan fingerprint density at radius 2 is 2.09 bits per heavy atom. The maximum atomic E-state index is 13.9. The molecular formula is C20H18BrCl2F2N5O2. The Labute approximate surface area is 200 Å². The van der Waals surface area contributed by atoms with Gasteiger partial charge in [0, 0.05) is 24.8 Å². The van der Waals surface area contributed by atoms with Gasteiger partial charge in [-0.25, -0.2) is 9.36 Å². The second kappa shape index (κ2) is 8.64. The van der Waals surface area contributed by atoms with Crippen molar-refractivity contribution in [3.05, 3.63) is 46.7 Å². The van der Waals surface area contributed by atoms with Crippen LogP contribution < -0.4 is 10.1 Å². The molecular weight excluding hydrogens is 531 g/mol. The molecule has 1 amide bonds. The number of hydrogen-bond acceptors (Lipinski definition) is 4. The van der Waals surface area contributed by atoms with Crippen LogP contribution in [0.25, 0.3) is 16.9 Å². The van der Waals surface area contributed by atoms with Crippen LogP contribution in [0.15, 0.2) is 30.6 Å². The third-order valence-electron chi connectivity index (χ3n) is 4.95. The first kappa shape index (κ1) is 23.0. The molecule has 7 nitrogen and oxygen atoms in total. The predicted octanol–water partition coefficient (Wildman–Crippen LogP) is 5.06. The molecule has 0 spiro atoms. The summed E-state index contributed by atoms with van der Waals surface area (Å²) in [5, 5.41) is 11.6. The molecule has 32 heavy (non-hydrogen) atoms. The smallest absolute Gasteiger partial charge is 0.411 e. The lowest BCUT2D eigenvalue weighted by atomic mass is 10.1. The number of aromatic nitrogens is 4. The molecule has 0 radical (unpaired) electrons. The number of amides is 1. The van der Waals surface area contributed by atoms with Gasteiger partial charge in [-0.3, -0.25) is 4.79 Å². The largest absolute Gasteiger partial charge is 0.425 e. The lowest BCUT2D eigenvalue weighted by Gasteiger charge is -2.17. The maximum Gasteiger partial charge on any atom is 0.425 e. The Morgan fingerprint density at radius 3 is 2.75 bits per heavy atom. The van der Waals surface area contributed by atoms with Gasteiger partial charge in [0.2, 0.25) is 5.88 Å². The van der Waals surface area contributed by atoms with Crippen LogP contribution in [0.1, 0.15) is 28.8 Å². The van der Waals surface area contributed by atoms with Gasteiger partial charge in [-0.1, -0.05) is 45.2 Å². The van der Waals surface area contributed by atoms with Crippen molar-refractivity contribution < 1.29 is 18.3 Å². The number of rotatable bonds is 7. The van der Waals surface area contributed by atoms with Gasteiger partial charge in [0.15, 0.2) is 10.1 Å². The average molecular weight is 549 g/mol. The Morgan fingerprint density at radius 1 is 1.38 bits per heavy atom. The van der Waals surface area contributed by atoms with Crippen molar-refractivity contribution in [2.75, 3.05) is 0 Å². The highest BCUT2D eigenvalue weighted by molar-refractivity contribution is 9.10. The number of nitrogens with one attached hydrogen (secondary N) is 1. The molecule has 0 bridgehead atoms. The molecule has 2 heterocycles. The van der Waals surface area contributed by atoms with E-state index in [-0.39, 0.29) is 17.8 Å². The Hall–Kier alpha value is -2.17. The van der Waals surface area contributed by atoms with E-state index in [0.29, 0.717) is 27.5 Å². The van der Waals surface area contributed by atoms with Crippen LogP contribution in [-0.4, -0.2) is 41.9 Å². The van der Waals surface area contributed by atoms with Crippen molar-refractivity contribution in [1.82, 2.24) is 24.9 Å². The number of ether oxygens (including phenoxy) is 1. The number of carbonyl (C=O) groups excluding carboxylic acids is 1. The minimum atomic E-state index is -3.66. The number of halogens is 5. The zero-order valence-electron chi connectivity index (χ0n) is 17.0. The number of nitrogens with zero attached hydrogens (tertiary/aromatic N) is 4. The van der Waals surface area contributed by atoms with E-state index in [1.165, 1.54) is 9.36 Å². The molecule has 1 saturated carbocycles. The van der Waals surface area contributed by atoms with Crippen LogP contribution in [0.5, 0.6) is 5.88 Å². The summed E-state index contributed by atoms with van der Waals surface area (Å²) in [5.41, 5.74) is 2.17. The quantitative estimate of drug-likeness (QED) is 0.419. The van der Waals surface area contributed by atoms with Crippen molar-refractivity contribution in [2.45, 2.75) is 36.2 Å². The van der Waals surface area contributed by atoms with Crippen LogP contribution in [0.3, 0.4) is 0 Å². The van der Waals surface area contributed by atoms with Gasteiger partial charge in [-0.05, 0) is 37.5 Å². The van der Waals surface area contributed by atoms with E-state index in [0.717, 1.165) is 18.4 Å². The summed E-state index contributed by atoms with van der Waals surface area (Å²) in [6.07, 6.45) is 1.58. The summed E-state index contributed by atoms with van der Waals surface area (Å²) in [5.74, 6) is -0.0510. The second-order valence-electron chi connectivity index (χ2n) is 7.46. The topological polar surface area (TPSA) is 74.0 Å². The monoisotopic (exact) mass is 547 g/mol. The van der Waals surface area contributed by atoms with Crippen LogP contribution in [-0.2, 0) is 7.05 Å². The molecule has 1 aliphatic carbocycles. The molecule has 4 rings (SSSR count). The van der Waals surface area contributed by atoms with Crippen LogP contribution in [0.2, 0.25) is 5.02 Å². The fourth-order valence-corrected chi connectivity index (χ4v) is 3.49. The van der Waals surface area contributed by atoms with Gasteiger partial charge >= 0.3 is 6.11 Å². The summed E-state index contributed by atoms with van der Waals surface area (Å²) in [7, 11) is 1.59. The van der Waals surface area contributed by atoms with Gasteiger partial charge in [-0.2, -0.15) is 13.9 Å². The van der Waals surface area contributed by atoms with Crippen molar-refractivity contribution in [1.29, 1.82) is 0 Å². The minimum Gasteiger partial charge on any atom is -0.411 e. The van der Waals surface area contributed by atoms with Gasteiger partial charge in [0.25, 0.3) is 5.91 Å². The molecule has 1 fully saturated rings. The van der Waals surface area contributed by atoms with Crippen molar-refractivity contribution in [3.63, 3.8) is 0 Å². The van der Waals surface area contributed by atoms with E-state index in [2.05, 4.69) is 31.4 Å². The lowest BCUT2D eigenvalue weighted by Crippen LogP contribution is -2.32. The van der Waals surface area contributed by atoms with Gasteiger partial charge in [0.1, 0.15) is 0 Å². The Balaban J connectivity index is 1.63. The van der Waals surface area contributed by atoms with E-state index >= 15 is 0 Å². The van der Waals surface area contributed by atoms with E-state index in [1.807, 2.05) is 0 Å². The van der Waals surface area contributed by atoms with E-state index < -0.39 is 10.4 Å². The second-order valence-corrected chi connectivity index (χ2v) is 9.74. The highest BCUT2D eigenvalue weighted by Crippen LogP contribution is 2.34. The summed E-state index contributed by atoms with van der Waals surface area (Å²) in [6.45, 7) is 1.59. The minimum absolute atomic E-state index is 0.209. The zero-order chi connectivity index (χ0) is 23.2. The molecule has 3 aromatic rings. The molecule has 0 saturated heterocycles. The molecule has 1 aliphatic rings. The Bertz CT molecular complexity index is 1180. The molecule has 12 heteroatoms. The molecule has 1 unspecified atom stereocenters. The summed E-state index contributed by atoms with van der Waals surface area (Å²) < 4.78 is 33.6. The molecule has 1 aromatic carbocycles. The number of hydrogen-bond donors (Lipinski definition) is 1. The van der Waals surface area contributed by atoms with Crippen molar-refractivity contribution in [3.8, 4) is 22.8 Å². The van der Waals surface area contributed by atoms with Gasteiger partial charge in [-0.15, -0.1) is 5.10 Å². The van der Waals surface area contributed by atoms with E-state index in [9.17, 15) is 13.6 Å².